The first-order chi connectivity index (χ1) is 10.1. The zero-order chi connectivity index (χ0) is 15.2. The second-order valence-corrected chi connectivity index (χ2v) is 4.40. The van der Waals surface area contributed by atoms with Gasteiger partial charge in [-0.3, -0.25) is 10.1 Å². The Hall–Kier alpha value is -2.82. The van der Waals surface area contributed by atoms with Gasteiger partial charge in [-0.15, -0.1) is 0 Å². The number of nitrogens with one attached hydrogen (secondary N) is 1. The second-order valence-electron chi connectivity index (χ2n) is 4.40. The van der Waals surface area contributed by atoms with E-state index >= 15 is 0 Å². The predicted molar refractivity (Wildman–Crippen MR) is 81.8 cm³/mol. The van der Waals surface area contributed by atoms with Crippen LogP contribution in [0.2, 0.25) is 0 Å². The van der Waals surface area contributed by atoms with E-state index in [4.69, 9.17) is 4.74 Å². The molecule has 0 heterocycles. The van der Waals surface area contributed by atoms with E-state index < -0.39 is 4.92 Å². The molecule has 0 amide bonds. The molecule has 2 aromatic rings. The highest BCUT2D eigenvalue weighted by Gasteiger charge is 2.17. The molecule has 0 spiro atoms. The minimum Gasteiger partial charge on any atom is -0.448 e. The van der Waals surface area contributed by atoms with E-state index in [1.807, 2.05) is 37.3 Å². The standard InChI is InChI=1S/C16H16N2O3/c1-12(17-2)16(13-8-4-3-5-9-13)21-15-11-7-6-10-14(15)18(19)20/h3-11,17H,1-2H3. The quantitative estimate of drug-likeness (QED) is 0.518. The molecule has 0 saturated heterocycles. The summed E-state index contributed by atoms with van der Waals surface area (Å²) in [5, 5.41) is 14.1. The van der Waals surface area contributed by atoms with E-state index in [0.717, 1.165) is 11.3 Å². The van der Waals surface area contributed by atoms with Crippen LogP contribution in [0.25, 0.3) is 5.76 Å². The molecule has 5 nitrogen and oxygen atoms in total. The summed E-state index contributed by atoms with van der Waals surface area (Å²) in [5.41, 5.74) is 1.58. The van der Waals surface area contributed by atoms with Gasteiger partial charge in [0.1, 0.15) is 0 Å². The molecule has 0 aliphatic heterocycles. The summed E-state index contributed by atoms with van der Waals surface area (Å²) in [7, 11) is 1.78. The molecule has 21 heavy (non-hydrogen) atoms. The van der Waals surface area contributed by atoms with Crippen molar-refractivity contribution in [3.63, 3.8) is 0 Å². The van der Waals surface area contributed by atoms with Gasteiger partial charge in [0.25, 0.3) is 0 Å². The molecule has 5 heteroatoms. The van der Waals surface area contributed by atoms with Crippen molar-refractivity contribution in [1.29, 1.82) is 0 Å². The molecule has 2 rings (SSSR count). The Kier molecular flexibility index (Phi) is 4.56. The topological polar surface area (TPSA) is 64.4 Å². The smallest absolute Gasteiger partial charge is 0.311 e. The van der Waals surface area contributed by atoms with Crippen molar-refractivity contribution in [3.8, 4) is 5.75 Å². The highest BCUT2D eigenvalue weighted by molar-refractivity contribution is 5.66. The number of hydrogen-bond donors (Lipinski definition) is 1. The SMILES string of the molecule is CNC(C)=C(Oc1ccccc1[N+](=O)[O-])c1ccccc1. The highest BCUT2D eigenvalue weighted by atomic mass is 16.6. The lowest BCUT2D eigenvalue weighted by Crippen LogP contribution is -2.09. The molecule has 0 atom stereocenters. The van der Waals surface area contributed by atoms with E-state index in [0.29, 0.717) is 5.76 Å². The van der Waals surface area contributed by atoms with Crippen molar-refractivity contribution in [3.05, 3.63) is 76.0 Å². The third-order valence-corrected chi connectivity index (χ3v) is 3.03. The highest BCUT2D eigenvalue weighted by Crippen LogP contribution is 2.31. The molecule has 0 unspecified atom stereocenters. The van der Waals surface area contributed by atoms with Crippen LogP contribution in [0.5, 0.6) is 5.75 Å². The van der Waals surface area contributed by atoms with Crippen LogP contribution in [0.1, 0.15) is 12.5 Å². The average molecular weight is 284 g/mol. The maximum absolute atomic E-state index is 11.1. The van der Waals surface area contributed by atoms with Crippen molar-refractivity contribution in [1.82, 2.24) is 5.32 Å². The molecule has 1 N–H and O–H groups in total. The summed E-state index contributed by atoms with van der Waals surface area (Å²) in [5.74, 6) is 0.781. The van der Waals surface area contributed by atoms with Crippen LogP contribution in [-0.4, -0.2) is 12.0 Å². The van der Waals surface area contributed by atoms with Crippen LogP contribution in [-0.2, 0) is 0 Å². The zero-order valence-electron chi connectivity index (χ0n) is 11.9. The van der Waals surface area contributed by atoms with Crippen molar-refractivity contribution >= 4 is 11.4 Å². The lowest BCUT2D eigenvalue weighted by Gasteiger charge is -2.14. The third-order valence-electron chi connectivity index (χ3n) is 3.03. The number of hydrogen-bond acceptors (Lipinski definition) is 4. The number of ether oxygens (including phenoxy) is 1. The van der Waals surface area contributed by atoms with Crippen molar-refractivity contribution < 1.29 is 9.66 Å². The van der Waals surface area contributed by atoms with Crippen molar-refractivity contribution in [2.24, 2.45) is 0 Å². The van der Waals surface area contributed by atoms with Gasteiger partial charge in [0.05, 0.1) is 10.6 Å². The van der Waals surface area contributed by atoms with Crippen LogP contribution in [0.4, 0.5) is 5.69 Å². The number of allylic oxidation sites excluding steroid dienone is 1. The van der Waals surface area contributed by atoms with Crippen LogP contribution in [0.15, 0.2) is 60.3 Å². The van der Waals surface area contributed by atoms with Gasteiger partial charge in [0.2, 0.25) is 5.75 Å². The lowest BCUT2D eigenvalue weighted by molar-refractivity contribution is -0.385. The molecule has 108 valence electrons. The van der Waals surface area contributed by atoms with Crippen molar-refractivity contribution in [2.45, 2.75) is 6.92 Å². The Labute approximate surface area is 123 Å². The maximum Gasteiger partial charge on any atom is 0.311 e. The molecule has 0 bridgehead atoms. The Morgan fingerprint density at radius 2 is 1.71 bits per heavy atom. The largest absolute Gasteiger partial charge is 0.448 e. The number of rotatable bonds is 5. The molecular formula is C16H16N2O3. The maximum atomic E-state index is 11.1. The monoisotopic (exact) mass is 284 g/mol. The van der Waals surface area contributed by atoms with Gasteiger partial charge in [0.15, 0.2) is 5.76 Å². The normalized spacial score (nSPS) is 11.5. The molecule has 2 aromatic carbocycles. The van der Waals surface area contributed by atoms with E-state index in [-0.39, 0.29) is 11.4 Å². The Bertz CT molecular complexity index is 666. The summed E-state index contributed by atoms with van der Waals surface area (Å²) >= 11 is 0. The number of nitrogens with zero attached hydrogens (tertiary/aromatic N) is 1. The van der Waals surface area contributed by atoms with Crippen LogP contribution in [0, 0.1) is 10.1 Å². The van der Waals surface area contributed by atoms with Gasteiger partial charge in [-0.1, -0.05) is 42.5 Å². The van der Waals surface area contributed by atoms with Crippen LogP contribution < -0.4 is 10.1 Å². The van der Waals surface area contributed by atoms with Gasteiger partial charge in [-0.05, 0) is 13.0 Å². The Morgan fingerprint density at radius 3 is 2.33 bits per heavy atom. The fourth-order valence-corrected chi connectivity index (χ4v) is 1.86. The summed E-state index contributed by atoms with van der Waals surface area (Å²) in [6.45, 7) is 1.86. The van der Waals surface area contributed by atoms with E-state index in [2.05, 4.69) is 5.32 Å². The molecule has 0 saturated carbocycles. The van der Waals surface area contributed by atoms with Crippen molar-refractivity contribution in [2.75, 3.05) is 7.05 Å². The number of benzene rings is 2. The number of para-hydroxylation sites is 2. The van der Waals surface area contributed by atoms with Gasteiger partial charge >= 0.3 is 5.69 Å². The first-order valence-corrected chi connectivity index (χ1v) is 6.49. The molecule has 0 fully saturated rings. The molecule has 0 aliphatic carbocycles. The van der Waals surface area contributed by atoms with Crippen LogP contribution >= 0.6 is 0 Å². The molecule has 0 aliphatic rings. The fraction of sp³-hybridized carbons (Fsp3) is 0.125. The Balaban J connectivity index is 2.45. The minimum atomic E-state index is -0.452. The summed E-state index contributed by atoms with van der Waals surface area (Å²) in [4.78, 5) is 10.6. The molecular weight excluding hydrogens is 268 g/mol. The first-order valence-electron chi connectivity index (χ1n) is 6.49. The van der Waals surface area contributed by atoms with Gasteiger partial charge < -0.3 is 10.1 Å². The molecule has 0 aromatic heterocycles. The number of nitro groups is 1. The van der Waals surface area contributed by atoms with Gasteiger partial charge in [-0.2, -0.15) is 0 Å². The zero-order valence-corrected chi connectivity index (χ0v) is 11.9. The number of nitro benzene ring substituents is 1. The van der Waals surface area contributed by atoms with Crippen LogP contribution in [0.3, 0.4) is 0 Å². The first kappa shape index (κ1) is 14.6. The Morgan fingerprint density at radius 1 is 1.10 bits per heavy atom. The summed E-state index contributed by atoms with van der Waals surface area (Å²) in [6, 6.07) is 15.8. The van der Waals surface area contributed by atoms with E-state index in [1.54, 1.807) is 25.2 Å². The van der Waals surface area contributed by atoms with E-state index in [1.165, 1.54) is 6.07 Å². The lowest BCUT2D eigenvalue weighted by atomic mass is 10.1. The van der Waals surface area contributed by atoms with E-state index in [9.17, 15) is 10.1 Å². The predicted octanol–water partition coefficient (Wildman–Crippen LogP) is 3.58. The second kappa shape index (κ2) is 6.56. The summed E-state index contributed by atoms with van der Waals surface area (Å²) < 4.78 is 5.82. The minimum absolute atomic E-state index is 0.0603. The van der Waals surface area contributed by atoms with Gasteiger partial charge in [0, 0.05) is 18.7 Å². The fourth-order valence-electron chi connectivity index (χ4n) is 1.86. The molecule has 0 radical (unpaired) electrons. The third kappa shape index (κ3) is 3.39. The average Bonchev–Trinajstić information content (AvgIpc) is 2.53. The summed E-state index contributed by atoms with van der Waals surface area (Å²) in [6.07, 6.45) is 0. The van der Waals surface area contributed by atoms with Gasteiger partial charge in [-0.25, -0.2) is 0 Å².